The zero-order valence-electron chi connectivity index (χ0n) is 11.1. The number of aliphatic hydroxyl groups is 1. The van der Waals surface area contributed by atoms with Gasteiger partial charge >= 0.3 is 0 Å². The van der Waals surface area contributed by atoms with Crippen molar-refractivity contribution in [3.8, 4) is 11.3 Å². The van der Waals surface area contributed by atoms with Crippen molar-refractivity contribution in [2.75, 3.05) is 6.54 Å². The molecule has 0 spiro atoms. The highest BCUT2D eigenvalue weighted by atomic mass is 35.5. The minimum absolute atomic E-state index is 0.356. The second kappa shape index (κ2) is 6.24. The molecule has 3 nitrogen and oxygen atoms in total. The summed E-state index contributed by atoms with van der Waals surface area (Å²) in [7, 11) is 0. The molecule has 2 aromatic rings. The van der Waals surface area contributed by atoms with Gasteiger partial charge in [-0.15, -0.1) is 0 Å². The van der Waals surface area contributed by atoms with E-state index in [0.29, 0.717) is 13.1 Å². The van der Waals surface area contributed by atoms with Crippen LogP contribution >= 0.6 is 11.6 Å². The minimum atomic E-state index is -0.356. The fraction of sp³-hybridized carbons (Fsp3) is 0.333. The number of halogens is 1. The highest BCUT2D eigenvalue weighted by Gasteiger charge is 2.06. The van der Waals surface area contributed by atoms with E-state index in [9.17, 15) is 0 Å². The lowest BCUT2D eigenvalue weighted by Gasteiger charge is -2.04. The van der Waals surface area contributed by atoms with Crippen molar-refractivity contribution in [1.82, 2.24) is 5.32 Å². The standard InChI is InChI=1S/C15H18ClNO2/c1-10-3-4-12(7-14(10)16)15-6-5-13(19-15)9-17-8-11(2)18/h3-7,11,17-18H,8-9H2,1-2H3. The van der Waals surface area contributed by atoms with Crippen molar-refractivity contribution in [2.45, 2.75) is 26.5 Å². The van der Waals surface area contributed by atoms with Crippen molar-refractivity contribution >= 4 is 11.6 Å². The Morgan fingerprint density at radius 3 is 2.79 bits per heavy atom. The quantitative estimate of drug-likeness (QED) is 0.882. The van der Waals surface area contributed by atoms with Crippen molar-refractivity contribution in [3.63, 3.8) is 0 Å². The number of rotatable bonds is 5. The molecule has 1 aromatic carbocycles. The van der Waals surface area contributed by atoms with Gasteiger partial charge in [-0.2, -0.15) is 0 Å². The number of aryl methyl sites for hydroxylation is 1. The average Bonchev–Trinajstić information content (AvgIpc) is 2.81. The molecule has 0 fully saturated rings. The fourth-order valence-electron chi connectivity index (χ4n) is 1.78. The zero-order valence-corrected chi connectivity index (χ0v) is 11.9. The molecule has 0 aliphatic carbocycles. The summed E-state index contributed by atoms with van der Waals surface area (Å²) in [6, 6.07) is 9.74. The van der Waals surface area contributed by atoms with E-state index in [1.54, 1.807) is 6.92 Å². The zero-order chi connectivity index (χ0) is 13.8. The average molecular weight is 280 g/mol. The van der Waals surface area contributed by atoms with Crippen LogP contribution in [0.4, 0.5) is 0 Å². The Hall–Kier alpha value is -1.29. The van der Waals surface area contributed by atoms with Gasteiger partial charge < -0.3 is 14.8 Å². The van der Waals surface area contributed by atoms with Crippen LogP contribution < -0.4 is 5.32 Å². The van der Waals surface area contributed by atoms with Crippen LogP contribution in [0.3, 0.4) is 0 Å². The van der Waals surface area contributed by atoms with E-state index in [1.165, 1.54) is 0 Å². The minimum Gasteiger partial charge on any atom is -0.460 e. The van der Waals surface area contributed by atoms with E-state index in [1.807, 2.05) is 37.3 Å². The third-order valence-electron chi connectivity index (χ3n) is 2.86. The van der Waals surface area contributed by atoms with Gasteiger partial charge in [0.25, 0.3) is 0 Å². The van der Waals surface area contributed by atoms with Crippen LogP contribution in [-0.2, 0) is 6.54 Å². The van der Waals surface area contributed by atoms with E-state index >= 15 is 0 Å². The number of aliphatic hydroxyl groups excluding tert-OH is 1. The maximum atomic E-state index is 9.16. The maximum Gasteiger partial charge on any atom is 0.134 e. The van der Waals surface area contributed by atoms with Crippen LogP contribution in [0.2, 0.25) is 5.02 Å². The summed E-state index contributed by atoms with van der Waals surface area (Å²) >= 11 is 6.11. The summed E-state index contributed by atoms with van der Waals surface area (Å²) in [5, 5.41) is 13.0. The molecule has 4 heteroatoms. The topological polar surface area (TPSA) is 45.4 Å². The number of hydrogen-bond donors (Lipinski definition) is 2. The predicted octanol–water partition coefficient (Wildman–Crippen LogP) is 3.38. The molecule has 1 atom stereocenters. The molecular formula is C15H18ClNO2. The molecule has 0 aliphatic heterocycles. The Morgan fingerprint density at radius 2 is 2.11 bits per heavy atom. The first-order chi connectivity index (χ1) is 9.06. The molecule has 1 heterocycles. The maximum absolute atomic E-state index is 9.16. The first kappa shape index (κ1) is 14.1. The first-order valence-corrected chi connectivity index (χ1v) is 6.68. The lowest BCUT2D eigenvalue weighted by molar-refractivity contribution is 0.190. The van der Waals surface area contributed by atoms with E-state index in [4.69, 9.17) is 21.1 Å². The Kier molecular flexibility index (Phi) is 4.64. The van der Waals surface area contributed by atoms with E-state index in [2.05, 4.69) is 5.32 Å². The Bertz CT molecular complexity index is 549. The Morgan fingerprint density at radius 1 is 1.32 bits per heavy atom. The lowest BCUT2D eigenvalue weighted by atomic mass is 10.1. The molecule has 0 saturated carbocycles. The third-order valence-corrected chi connectivity index (χ3v) is 3.26. The molecule has 0 saturated heterocycles. The predicted molar refractivity (Wildman–Crippen MR) is 77.3 cm³/mol. The molecule has 1 aromatic heterocycles. The Balaban J connectivity index is 2.05. The molecule has 102 valence electrons. The van der Waals surface area contributed by atoms with Crippen LogP contribution in [0.1, 0.15) is 18.2 Å². The summed E-state index contributed by atoms with van der Waals surface area (Å²) < 4.78 is 5.74. The Labute approximate surface area is 118 Å². The molecule has 0 radical (unpaired) electrons. The second-order valence-corrected chi connectivity index (χ2v) is 5.12. The van der Waals surface area contributed by atoms with E-state index < -0.39 is 0 Å². The molecular weight excluding hydrogens is 262 g/mol. The highest BCUT2D eigenvalue weighted by molar-refractivity contribution is 6.31. The highest BCUT2D eigenvalue weighted by Crippen LogP contribution is 2.26. The summed E-state index contributed by atoms with van der Waals surface area (Å²) in [6.45, 7) is 4.87. The molecule has 0 amide bonds. The van der Waals surface area contributed by atoms with Gasteiger partial charge in [0.05, 0.1) is 12.6 Å². The van der Waals surface area contributed by atoms with Crippen molar-refractivity contribution in [1.29, 1.82) is 0 Å². The third kappa shape index (κ3) is 3.83. The van der Waals surface area contributed by atoms with Crippen LogP contribution in [0.25, 0.3) is 11.3 Å². The number of hydrogen-bond acceptors (Lipinski definition) is 3. The van der Waals surface area contributed by atoms with Gasteiger partial charge in [0, 0.05) is 17.1 Å². The lowest BCUT2D eigenvalue weighted by Crippen LogP contribution is -2.23. The molecule has 2 N–H and O–H groups in total. The number of furan rings is 1. The first-order valence-electron chi connectivity index (χ1n) is 6.30. The van der Waals surface area contributed by atoms with Gasteiger partial charge in [-0.05, 0) is 37.6 Å². The van der Waals surface area contributed by atoms with Crippen molar-refractivity contribution in [3.05, 3.63) is 46.7 Å². The number of benzene rings is 1. The SMILES string of the molecule is Cc1ccc(-c2ccc(CNCC(C)O)o2)cc1Cl. The van der Waals surface area contributed by atoms with Crippen LogP contribution in [0.15, 0.2) is 34.7 Å². The summed E-state index contributed by atoms with van der Waals surface area (Å²) in [6.07, 6.45) is -0.356. The monoisotopic (exact) mass is 279 g/mol. The second-order valence-electron chi connectivity index (χ2n) is 4.71. The van der Waals surface area contributed by atoms with Gasteiger partial charge in [-0.3, -0.25) is 0 Å². The van der Waals surface area contributed by atoms with Gasteiger partial charge in [0.1, 0.15) is 11.5 Å². The molecule has 0 aliphatic rings. The van der Waals surface area contributed by atoms with Crippen LogP contribution in [0, 0.1) is 6.92 Å². The number of nitrogens with one attached hydrogen (secondary N) is 1. The largest absolute Gasteiger partial charge is 0.460 e. The van der Waals surface area contributed by atoms with Crippen LogP contribution in [-0.4, -0.2) is 17.8 Å². The summed E-state index contributed by atoms with van der Waals surface area (Å²) in [4.78, 5) is 0. The fourth-order valence-corrected chi connectivity index (χ4v) is 1.96. The van der Waals surface area contributed by atoms with Crippen molar-refractivity contribution in [2.24, 2.45) is 0 Å². The van der Waals surface area contributed by atoms with Crippen molar-refractivity contribution < 1.29 is 9.52 Å². The normalized spacial score (nSPS) is 12.6. The van der Waals surface area contributed by atoms with Crippen LogP contribution in [0.5, 0.6) is 0 Å². The van der Waals surface area contributed by atoms with Gasteiger partial charge in [-0.25, -0.2) is 0 Å². The van der Waals surface area contributed by atoms with Gasteiger partial charge in [0.15, 0.2) is 0 Å². The van der Waals surface area contributed by atoms with Gasteiger partial charge in [-0.1, -0.05) is 23.7 Å². The molecule has 19 heavy (non-hydrogen) atoms. The van der Waals surface area contributed by atoms with E-state index in [0.717, 1.165) is 27.7 Å². The summed E-state index contributed by atoms with van der Waals surface area (Å²) in [5.74, 6) is 1.64. The van der Waals surface area contributed by atoms with E-state index in [-0.39, 0.29) is 6.10 Å². The smallest absolute Gasteiger partial charge is 0.134 e. The van der Waals surface area contributed by atoms with Gasteiger partial charge in [0.2, 0.25) is 0 Å². The molecule has 1 unspecified atom stereocenters. The molecule has 2 rings (SSSR count). The molecule has 0 bridgehead atoms. The summed E-state index contributed by atoms with van der Waals surface area (Å²) in [5.41, 5.74) is 2.02.